The van der Waals surface area contributed by atoms with Crippen LogP contribution in [-0.2, 0) is 0 Å². The number of hydrogen-bond acceptors (Lipinski definition) is 4. The fraction of sp³-hybridized carbons (Fsp3) is 0.100. The lowest BCUT2D eigenvalue weighted by atomic mass is 10.2. The molecule has 2 rings (SSSR count). The molecule has 0 amide bonds. The van der Waals surface area contributed by atoms with E-state index in [0.717, 1.165) is 0 Å². The first-order chi connectivity index (χ1) is 7.63. The van der Waals surface area contributed by atoms with Gasteiger partial charge in [0, 0.05) is 18.5 Å². The molecule has 82 valence electrons. The van der Waals surface area contributed by atoms with Crippen LogP contribution < -0.4 is 5.32 Å². The summed E-state index contributed by atoms with van der Waals surface area (Å²) in [6.45, 7) is 0. The third-order valence-corrected chi connectivity index (χ3v) is 2.55. The molecule has 0 radical (unpaired) electrons. The average Bonchev–Trinajstić information content (AvgIpc) is 2.27. The van der Waals surface area contributed by atoms with Crippen molar-refractivity contribution >= 4 is 34.0 Å². The third kappa shape index (κ3) is 1.65. The first kappa shape index (κ1) is 10.6. The van der Waals surface area contributed by atoms with Gasteiger partial charge in [-0.15, -0.1) is 0 Å². The van der Waals surface area contributed by atoms with E-state index in [4.69, 9.17) is 11.6 Å². The summed E-state index contributed by atoms with van der Waals surface area (Å²) in [5, 5.41) is 14.5. The van der Waals surface area contributed by atoms with E-state index in [0.29, 0.717) is 15.9 Å². The van der Waals surface area contributed by atoms with Crippen molar-refractivity contribution < 1.29 is 4.92 Å². The molecule has 0 bridgehead atoms. The summed E-state index contributed by atoms with van der Waals surface area (Å²) in [6, 6.07) is 6.61. The van der Waals surface area contributed by atoms with Gasteiger partial charge < -0.3 is 5.32 Å². The molecule has 1 aromatic carbocycles. The Morgan fingerprint density at radius 1 is 1.50 bits per heavy atom. The normalized spacial score (nSPS) is 10.4. The number of nitrogens with zero attached hydrogens (tertiary/aromatic N) is 2. The van der Waals surface area contributed by atoms with Crippen LogP contribution in [0.5, 0.6) is 0 Å². The van der Waals surface area contributed by atoms with Gasteiger partial charge in [0.25, 0.3) is 0 Å². The fourth-order valence-electron chi connectivity index (χ4n) is 1.47. The Labute approximate surface area is 96.2 Å². The van der Waals surface area contributed by atoms with Crippen molar-refractivity contribution in [1.29, 1.82) is 0 Å². The largest absolute Gasteiger partial charge is 0.367 e. The van der Waals surface area contributed by atoms with Gasteiger partial charge in [-0.25, -0.2) is 4.98 Å². The molecule has 0 saturated carbocycles. The van der Waals surface area contributed by atoms with Gasteiger partial charge in [-0.05, 0) is 12.1 Å². The molecule has 0 aliphatic rings. The van der Waals surface area contributed by atoms with E-state index in [1.165, 1.54) is 6.07 Å². The van der Waals surface area contributed by atoms with Gasteiger partial charge in [-0.2, -0.15) is 0 Å². The number of anilines is 1. The number of fused-ring (bicyclic) bond motifs is 1. The number of nitrogens with one attached hydrogen (secondary N) is 1. The van der Waals surface area contributed by atoms with Crippen LogP contribution in [0.25, 0.3) is 10.9 Å². The Kier molecular flexibility index (Phi) is 2.62. The fourth-order valence-corrected chi connectivity index (χ4v) is 1.70. The van der Waals surface area contributed by atoms with Gasteiger partial charge in [0.1, 0.15) is 0 Å². The first-order valence-corrected chi connectivity index (χ1v) is 4.92. The molecule has 0 spiro atoms. The van der Waals surface area contributed by atoms with Crippen LogP contribution in [-0.4, -0.2) is 17.0 Å². The molecule has 5 nitrogen and oxygen atoms in total. The SMILES string of the molecule is CNc1nc2cccc(Cl)c2cc1[N+](=O)[O-]. The molecule has 1 aromatic heterocycles. The molecule has 0 saturated heterocycles. The third-order valence-electron chi connectivity index (χ3n) is 2.22. The van der Waals surface area contributed by atoms with Crippen LogP contribution in [0, 0.1) is 10.1 Å². The summed E-state index contributed by atoms with van der Waals surface area (Å²) in [7, 11) is 1.59. The van der Waals surface area contributed by atoms with Crippen LogP contribution in [0.15, 0.2) is 24.3 Å². The highest BCUT2D eigenvalue weighted by atomic mass is 35.5. The lowest BCUT2D eigenvalue weighted by Crippen LogP contribution is -1.99. The second kappa shape index (κ2) is 3.94. The number of halogens is 1. The minimum atomic E-state index is -0.485. The lowest BCUT2D eigenvalue weighted by molar-refractivity contribution is -0.384. The zero-order chi connectivity index (χ0) is 11.7. The highest BCUT2D eigenvalue weighted by Gasteiger charge is 2.16. The second-order valence-corrected chi connectivity index (χ2v) is 3.58. The standard InChI is InChI=1S/C10H8ClN3O2/c1-12-10-9(14(15)16)5-6-7(11)3-2-4-8(6)13-10/h2-5H,1H3,(H,12,13). The van der Waals surface area contributed by atoms with Gasteiger partial charge in [0.15, 0.2) is 0 Å². The smallest absolute Gasteiger partial charge is 0.312 e. The van der Waals surface area contributed by atoms with E-state index in [-0.39, 0.29) is 11.5 Å². The van der Waals surface area contributed by atoms with E-state index < -0.39 is 4.92 Å². The minimum absolute atomic E-state index is 0.0805. The summed E-state index contributed by atoms with van der Waals surface area (Å²) in [5.41, 5.74) is 0.547. The molecule has 2 aromatic rings. The van der Waals surface area contributed by atoms with Crippen molar-refractivity contribution in [2.24, 2.45) is 0 Å². The van der Waals surface area contributed by atoms with Crippen LogP contribution in [0.3, 0.4) is 0 Å². The summed E-state index contributed by atoms with van der Waals surface area (Å²) in [6.07, 6.45) is 0. The zero-order valence-corrected chi connectivity index (χ0v) is 9.15. The molecule has 1 N–H and O–H groups in total. The van der Waals surface area contributed by atoms with Crippen LogP contribution in [0.1, 0.15) is 0 Å². The van der Waals surface area contributed by atoms with Gasteiger partial charge in [0.05, 0.1) is 15.5 Å². The molecule has 0 aliphatic heterocycles. The van der Waals surface area contributed by atoms with E-state index in [2.05, 4.69) is 10.3 Å². The molecule has 1 heterocycles. The highest BCUT2D eigenvalue weighted by Crippen LogP contribution is 2.30. The summed E-state index contributed by atoms with van der Waals surface area (Å²) >= 11 is 5.95. The van der Waals surface area contributed by atoms with Crippen molar-refractivity contribution in [3.8, 4) is 0 Å². The number of nitro groups is 1. The molecule has 16 heavy (non-hydrogen) atoms. The monoisotopic (exact) mass is 237 g/mol. The topological polar surface area (TPSA) is 68.1 Å². The molecular weight excluding hydrogens is 230 g/mol. The summed E-state index contributed by atoms with van der Waals surface area (Å²) in [5.74, 6) is 0.236. The Bertz CT molecular complexity index is 571. The lowest BCUT2D eigenvalue weighted by Gasteiger charge is -2.04. The number of pyridine rings is 1. The second-order valence-electron chi connectivity index (χ2n) is 3.17. The maximum atomic E-state index is 10.8. The number of hydrogen-bond donors (Lipinski definition) is 1. The molecule has 0 atom stereocenters. The number of aromatic nitrogens is 1. The molecule has 6 heteroatoms. The maximum absolute atomic E-state index is 10.8. The van der Waals surface area contributed by atoms with Crippen LogP contribution >= 0.6 is 11.6 Å². The van der Waals surface area contributed by atoms with E-state index in [1.807, 2.05) is 0 Å². The minimum Gasteiger partial charge on any atom is -0.367 e. The van der Waals surface area contributed by atoms with Crippen LogP contribution in [0.4, 0.5) is 11.5 Å². The predicted molar refractivity (Wildman–Crippen MR) is 63.0 cm³/mol. The Morgan fingerprint density at radius 2 is 2.25 bits per heavy atom. The van der Waals surface area contributed by atoms with Crippen molar-refractivity contribution in [2.45, 2.75) is 0 Å². The number of benzene rings is 1. The van der Waals surface area contributed by atoms with Crippen molar-refractivity contribution in [1.82, 2.24) is 4.98 Å². The van der Waals surface area contributed by atoms with E-state index >= 15 is 0 Å². The molecule has 0 aliphatic carbocycles. The van der Waals surface area contributed by atoms with Crippen molar-refractivity contribution in [3.05, 3.63) is 39.4 Å². The van der Waals surface area contributed by atoms with E-state index in [9.17, 15) is 10.1 Å². The van der Waals surface area contributed by atoms with E-state index in [1.54, 1.807) is 25.2 Å². The summed E-state index contributed by atoms with van der Waals surface area (Å²) < 4.78 is 0. The van der Waals surface area contributed by atoms with Crippen LogP contribution in [0.2, 0.25) is 5.02 Å². The van der Waals surface area contributed by atoms with Gasteiger partial charge in [-0.3, -0.25) is 10.1 Å². The molecular formula is C10H8ClN3O2. The maximum Gasteiger partial charge on any atom is 0.312 e. The van der Waals surface area contributed by atoms with Gasteiger partial charge in [0.2, 0.25) is 5.82 Å². The predicted octanol–water partition coefficient (Wildman–Crippen LogP) is 2.84. The molecule has 0 fully saturated rings. The van der Waals surface area contributed by atoms with Crippen molar-refractivity contribution in [2.75, 3.05) is 12.4 Å². The average molecular weight is 238 g/mol. The number of rotatable bonds is 2. The first-order valence-electron chi connectivity index (χ1n) is 4.55. The zero-order valence-electron chi connectivity index (χ0n) is 8.40. The van der Waals surface area contributed by atoms with Crippen molar-refractivity contribution in [3.63, 3.8) is 0 Å². The highest BCUT2D eigenvalue weighted by molar-refractivity contribution is 6.35. The van der Waals surface area contributed by atoms with Gasteiger partial charge >= 0.3 is 5.69 Å². The Morgan fingerprint density at radius 3 is 2.88 bits per heavy atom. The quantitative estimate of drug-likeness (QED) is 0.644. The molecule has 0 unspecified atom stereocenters. The summed E-state index contributed by atoms with van der Waals surface area (Å²) in [4.78, 5) is 14.5. The Balaban J connectivity index is 2.81. The van der Waals surface area contributed by atoms with Gasteiger partial charge in [-0.1, -0.05) is 17.7 Å². The Hall–Kier alpha value is -1.88.